The summed E-state index contributed by atoms with van der Waals surface area (Å²) in [5.41, 5.74) is 3.09. The molecule has 0 saturated carbocycles. The third kappa shape index (κ3) is 2.58. The van der Waals surface area contributed by atoms with Crippen LogP contribution in [0.3, 0.4) is 0 Å². The molecule has 0 aliphatic heterocycles. The fourth-order valence-electron chi connectivity index (χ4n) is 0.978. The molecule has 46 valence electrons. The van der Waals surface area contributed by atoms with E-state index in [1.807, 2.05) is 0 Å². The Morgan fingerprint density at radius 3 is 2.56 bits per heavy atom. The average Bonchev–Trinajstić information content (AvgIpc) is 2.14. The van der Waals surface area contributed by atoms with Crippen LogP contribution in [0, 0.1) is 0 Å². The Morgan fingerprint density at radius 1 is 1.67 bits per heavy atom. The molecule has 2 heteroatoms. The van der Waals surface area contributed by atoms with Crippen LogP contribution in [-0.4, -0.2) is 29.1 Å². The third-order valence-corrected chi connectivity index (χ3v) is 2.48. The molecule has 0 nitrogen and oxygen atoms in total. The topological polar surface area (TPSA) is 0 Å². The Bertz CT molecular complexity index is 147. The molecule has 0 amide bonds. The fourth-order valence-corrected chi connectivity index (χ4v) is 1.47. The fraction of sp³-hybridized carbons (Fsp3) is 0.429. The molecule has 1 rings (SSSR count). The van der Waals surface area contributed by atoms with Gasteiger partial charge in [-0.15, -0.1) is 0 Å². The molecule has 0 unspecified atom stereocenters. The molecule has 0 aromatic carbocycles. The Hall–Kier alpha value is 0.294. The van der Waals surface area contributed by atoms with Gasteiger partial charge in [0.15, 0.2) is 0 Å². The molecule has 0 heterocycles. The summed E-state index contributed by atoms with van der Waals surface area (Å²) in [7, 11) is 1.32. The first-order chi connectivity index (χ1) is 3.83. The Balaban J connectivity index is 0.000000640. The van der Waals surface area contributed by atoms with Crippen molar-refractivity contribution in [3.63, 3.8) is 0 Å². The molecule has 0 fully saturated rings. The van der Waals surface area contributed by atoms with Gasteiger partial charge < -0.3 is 0 Å². The van der Waals surface area contributed by atoms with Crippen molar-refractivity contribution >= 4 is 29.1 Å². The van der Waals surface area contributed by atoms with Gasteiger partial charge in [0.05, 0.1) is 0 Å². The van der Waals surface area contributed by atoms with Crippen LogP contribution in [-0.2, 0) is 0 Å². The van der Waals surface area contributed by atoms with E-state index < -0.39 is 0 Å². The van der Waals surface area contributed by atoms with Gasteiger partial charge in [-0.3, -0.25) is 0 Å². The maximum absolute atomic E-state index is 2.31. The van der Waals surface area contributed by atoms with Crippen molar-refractivity contribution in [1.29, 1.82) is 0 Å². The molecule has 0 saturated heterocycles. The Kier molecular flexibility index (Phi) is 4.30. The first kappa shape index (κ1) is 9.29. The van der Waals surface area contributed by atoms with Gasteiger partial charge in [-0.25, -0.2) is 0 Å². The molecule has 0 radical (unpaired) electrons. The van der Waals surface area contributed by atoms with Crippen LogP contribution in [0.4, 0.5) is 0 Å². The summed E-state index contributed by atoms with van der Waals surface area (Å²) < 4.78 is 0. The summed E-state index contributed by atoms with van der Waals surface area (Å²) in [6.45, 7) is 2.17. The van der Waals surface area contributed by atoms with Crippen LogP contribution >= 0.6 is 0 Å². The molecule has 1 aliphatic carbocycles. The summed E-state index contributed by atoms with van der Waals surface area (Å²) in [5.74, 6) is 0. The zero-order valence-electron chi connectivity index (χ0n) is 5.57. The molecule has 0 aromatic rings. The van der Waals surface area contributed by atoms with Crippen LogP contribution in [0.1, 0.15) is 13.3 Å². The van der Waals surface area contributed by atoms with Crippen molar-refractivity contribution in [2.24, 2.45) is 0 Å². The zero-order chi connectivity index (χ0) is 5.98. The number of rotatable bonds is 1. The van der Waals surface area contributed by atoms with Crippen molar-refractivity contribution in [1.82, 2.24) is 0 Å². The van der Waals surface area contributed by atoms with E-state index in [-0.39, 0.29) is 18.9 Å². The van der Waals surface area contributed by atoms with E-state index in [2.05, 4.69) is 19.1 Å². The molecule has 1 aliphatic rings. The molecular weight excluding hydrogens is 119 g/mol. The molecule has 0 N–H and O–H groups in total. The van der Waals surface area contributed by atoms with Crippen molar-refractivity contribution in [2.75, 3.05) is 0 Å². The summed E-state index contributed by atoms with van der Waals surface area (Å²) in [6, 6.07) is 1.36. The van der Waals surface area contributed by atoms with E-state index in [9.17, 15) is 0 Å². The van der Waals surface area contributed by atoms with Gasteiger partial charge in [-0.2, -0.15) is 0 Å². The number of hydrogen-bond donors (Lipinski definition) is 0. The molecule has 0 atom stereocenters. The monoisotopic (exact) mass is 132 g/mol. The second kappa shape index (κ2) is 4.16. The predicted octanol–water partition coefficient (Wildman–Crippen LogP) is 0.398. The van der Waals surface area contributed by atoms with E-state index in [0.29, 0.717) is 0 Å². The van der Waals surface area contributed by atoms with Gasteiger partial charge >= 0.3 is 18.9 Å². The molecule has 9 heavy (non-hydrogen) atoms. The van der Waals surface area contributed by atoms with Gasteiger partial charge in [0.2, 0.25) is 0 Å². The third-order valence-electron chi connectivity index (χ3n) is 1.57. The van der Waals surface area contributed by atoms with Crippen LogP contribution in [0.2, 0.25) is 6.04 Å². The van der Waals surface area contributed by atoms with Crippen LogP contribution in [0.25, 0.3) is 0 Å². The zero-order valence-corrected chi connectivity index (χ0v) is 7.57. The second-order valence-corrected chi connectivity index (χ2v) is 3.02. The van der Waals surface area contributed by atoms with E-state index in [4.69, 9.17) is 0 Å². The Labute approximate surface area is 72.0 Å². The van der Waals surface area contributed by atoms with Crippen LogP contribution in [0.5, 0.6) is 0 Å². The van der Waals surface area contributed by atoms with Crippen molar-refractivity contribution in [3.05, 3.63) is 23.3 Å². The first-order valence-corrected chi connectivity index (χ1v) is 4.60. The van der Waals surface area contributed by atoms with Gasteiger partial charge in [-0.05, 0) is 19.4 Å². The number of hydrogen-bond acceptors (Lipinski definition) is 0. The van der Waals surface area contributed by atoms with Gasteiger partial charge in [0.1, 0.15) is 0 Å². The van der Waals surface area contributed by atoms with Crippen molar-refractivity contribution < 1.29 is 0 Å². The maximum atomic E-state index is 2.31. The molecule has 0 aromatic heterocycles. The van der Waals surface area contributed by atoms with Gasteiger partial charge in [0.25, 0.3) is 0 Å². The first-order valence-electron chi connectivity index (χ1n) is 3.19. The van der Waals surface area contributed by atoms with Crippen LogP contribution in [0.15, 0.2) is 23.3 Å². The van der Waals surface area contributed by atoms with E-state index in [0.717, 1.165) is 0 Å². The molecule has 0 spiro atoms. The summed E-state index contributed by atoms with van der Waals surface area (Å²) >= 11 is 0. The molecule has 0 bridgehead atoms. The SMILES string of the molecule is CC1=CCC(C[SiH3])=C1.[LiH]. The van der Waals surface area contributed by atoms with Gasteiger partial charge in [-0.1, -0.05) is 23.3 Å². The Morgan fingerprint density at radius 2 is 2.33 bits per heavy atom. The summed E-state index contributed by atoms with van der Waals surface area (Å²) in [5, 5.41) is 0. The van der Waals surface area contributed by atoms with E-state index >= 15 is 0 Å². The minimum absolute atomic E-state index is 0. The van der Waals surface area contributed by atoms with Crippen molar-refractivity contribution in [3.8, 4) is 0 Å². The van der Waals surface area contributed by atoms with E-state index in [1.54, 1.807) is 5.57 Å². The quantitative estimate of drug-likeness (QED) is 0.453. The van der Waals surface area contributed by atoms with Gasteiger partial charge in [0, 0.05) is 10.2 Å². The van der Waals surface area contributed by atoms with Crippen molar-refractivity contribution in [2.45, 2.75) is 19.4 Å². The molecular formula is C7H13LiSi. The normalized spacial score (nSPS) is 16.6. The number of allylic oxidation sites excluding steroid dienone is 4. The minimum atomic E-state index is 0. The second-order valence-electron chi connectivity index (χ2n) is 2.31. The predicted molar refractivity (Wildman–Crippen MR) is 48.4 cm³/mol. The summed E-state index contributed by atoms with van der Waals surface area (Å²) in [6.07, 6.45) is 5.84. The average molecular weight is 132 g/mol. The van der Waals surface area contributed by atoms with Crippen LogP contribution < -0.4 is 0 Å². The van der Waals surface area contributed by atoms with E-state index in [1.165, 1.54) is 28.3 Å². The standard InChI is InChI=1S/C7H12Si.Li.H/c1-6-2-3-7(4-6)5-8;;/h2,4H,3,5H2,1,8H3;;. The summed E-state index contributed by atoms with van der Waals surface area (Å²) in [4.78, 5) is 0.